The van der Waals surface area contributed by atoms with Crippen LogP contribution >= 0.6 is 12.6 Å². The minimum absolute atomic E-state index is 0.0140. The van der Waals surface area contributed by atoms with Crippen molar-refractivity contribution in [2.45, 2.75) is 19.8 Å². The lowest BCUT2D eigenvalue weighted by molar-refractivity contribution is -0.139. The fraction of sp³-hybridized carbons (Fsp3) is 0.667. The predicted molar refractivity (Wildman–Crippen MR) is 54.0 cm³/mol. The van der Waals surface area contributed by atoms with Crippen LogP contribution in [0.15, 0.2) is 0 Å². The van der Waals surface area contributed by atoms with Crippen molar-refractivity contribution in [2.75, 3.05) is 12.3 Å². The van der Waals surface area contributed by atoms with Gasteiger partial charge in [0.25, 0.3) is 0 Å². The van der Waals surface area contributed by atoms with E-state index in [0.717, 1.165) is 0 Å². The summed E-state index contributed by atoms with van der Waals surface area (Å²) >= 11 is 4.00. The van der Waals surface area contributed by atoms with Gasteiger partial charge in [0, 0.05) is 25.1 Å². The molecular formula is C9H13NO3S. The van der Waals surface area contributed by atoms with Gasteiger partial charge < -0.3 is 0 Å². The molecule has 1 aliphatic heterocycles. The normalized spacial score (nSPS) is 21.9. The number of likely N-dealkylation sites (tertiary alicyclic amines) is 1. The SMILES string of the molecule is CC(=O)CCN1C(=O)CC(CS)C1=O. The van der Waals surface area contributed by atoms with Crippen molar-refractivity contribution < 1.29 is 14.4 Å². The second-order valence-electron chi connectivity index (χ2n) is 3.42. The number of hydrogen-bond donors (Lipinski definition) is 1. The summed E-state index contributed by atoms with van der Waals surface area (Å²) in [5, 5.41) is 0. The minimum atomic E-state index is -0.294. The number of carbonyl (C=O) groups is 3. The first-order valence-electron chi connectivity index (χ1n) is 4.50. The van der Waals surface area contributed by atoms with Crippen molar-refractivity contribution in [3.63, 3.8) is 0 Å². The van der Waals surface area contributed by atoms with Gasteiger partial charge in [-0.05, 0) is 6.92 Å². The Morgan fingerprint density at radius 3 is 2.64 bits per heavy atom. The number of amides is 2. The molecule has 0 aromatic rings. The van der Waals surface area contributed by atoms with Gasteiger partial charge in [-0.3, -0.25) is 19.3 Å². The summed E-state index contributed by atoms with van der Waals surface area (Å²) in [5.41, 5.74) is 0. The van der Waals surface area contributed by atoms with E-state index in [1.807, 2.05) is 0 Å². The third kappa shape index (κ3) is 2.35. The number of hydrogen-bond acceptors (Lipinski definition) is 4. The Labute approximate surface area is 88.1 Å². The summed E-state index contributed by atoms with van der Waals surface area (Å²) < 4.78 is 0. The molecule has 1 aliphatic rings. The zero-order valence-electron chi connectivity index (χ0n) is 8.02. The van der Waals surface area contributed by atoms with Gasteiger partial charge in [-0.2, -0.15) is 12.6 Å². The van der Waals surface area contributed by atoms with Crippen LogP contribution < -0.4 is 0 Å². The molecule has 4 nitrogen and oxygen atoms in total. The molecule has 0 saturated carbocycles. The number of rotatable bonds is 4. The van der Waals surface area contributed by atoms with Crippen LogP contribution in [0, 0.1) is 5.92 Å². The molecule has 0 bridgehead atoms. The monoisotopic (exact) mass is 215 g/mol. The minimum Gasteiger partial charge on any atom is -0.300 e. The number of thiol groups is 1. The van der Waals surface area contributed by atoms with Crippen LogP contribution in [0.5, 0.6) is 0 Å². The summed E-state index contributed by atoms with van der Waals surface area (Å²) in [7, 11) is 0. The Morgan fingerprint density at radius 1 is 1.57 bits per heavy atom. The number of imide groups is 1. The first-order chi connectivity index (χ1) is 6.56. The highest BCUT2D eigenvalue weighted by atomic mass is 32.1. The molecule has 0 N–H and O–H groups in total. The van der Waals surface area contributed by atoms with Crippen molar-refractivity contribution in [3.05, 3.63) is 0 Å². The summed E-state index contributed by atoms with van der Waals surface area (Å²) in [6.45, 7) is 1.67. The molecule has 1 rings (SSSR count). The van der Waals surface area contributed by atoms with Crippen LogP contribution in [-0.4, -0.2) is 34.8 Å². The molecule has 1 saturated heterocycles. The highest BCUT2D eigenvalue weighted by molar-refractivity contribution is 7.80. The van der Waals surface area contributed by atoms with E-state index in [0.29, 0.717) is 5.75 Å². The van der Waals surface area contributed by atoms with Crippen LogP contribution in [0.25, 0.3) is 0 Å². The van der Waals surface area contributed by atoms with E-state index in [1.165, 1.54) is 11.8 Å². The van der Waals surface area contributed by atoms with Gasteiger partial charge in [0.1, 0.15) is 5.78 Å². The van der Waals surface area contributed by atoms with Crippen molar-refractivity contribution in [3.8, 4) is 0 Å². The Bertz CT molecular complexity index is 277. The van der Waals surface area contributed by atoms with E-state index in [-0.39, 0.29) is 42.9 Å². The molecule has 0 spiro atoms. The molecule has 14 heavy (non-hydrogen) atoms. The maximum atomic E-state index is 11.5. The average Bonchev–Trinajstić information content (AvgIpc) is 2.39. The molecule has 1 fully saturated rings. The van der Waals surface area contributed by atoms with E-state index >= 15 is 0 Å². The van der Waals surface area contributed by atoms with E-state index < -0.39 is 0 Å². The summed E-state index contributed by atoms with van der Waals surface area (Å²) in [6.07, 6.45) is 0.483. The smallest absolute Gasteiger partial charge is 0.233 e. The van der Waals surface area contributed by atoms with Gasteiger partial charge in [0.2, 0.25) is 11.8 Å². The van der Waals surface area contributed by atoms with Crippen LogP contribution in [0.1, 0.15) is 19.8 Å². The van der Waals surface area contributed by atoms with Crippen molar-refractivity contribution >= 4 is 30.2 Å². The van der Waals surface area contributed by atoms with Crippen molar-refractivity contribution in [2.24, 2.45) is 5.92 Å². The van der Waals surface area contributed by atoms with Crippen LogP contribution in [0.3, 0.4) is 0 Å². The van der Waals surface area contributed by atoms with Gasteiger partial charge in [0.05, 0.1) is 5.92 Å². The second-order valence-corrected chi connectivity index (χ2v) is 3.78. The molecule has 0 aliphatic carbocycles. The number of nitrogens with zero attached hydrogens (tertiary/aromatic N) is 1. The first kappa shape index (κ1) is 11.2. The van der Waals surface area contributed by atoms with Crippen LogP contribution in [0.4, 0.5) is 0 Å². The van der Waals surface area contributed by atoms with Crippen LogP contribution in [0.2, 0.25) is 0 Å². The third-order valence-electron chi connectivity index (χ3n) is 2.25. The number of carbonyl (C=O) groups excluding carboxylic acids is 3. The molecule has 5 heteroatoms. The fourth-order valence-electron chi connectivity index (χ4n) is 1.40. The number of Topliss-reactive ketones (excluding diaryl/α,β-unsaturated/α-hetero) is 1. The second kappa shape index (κ2) is 4.59. The van der Waals surface area contributed by atoms with Gasteiger partial charge in [0.15, 0.2) is 0 Å². The lowest BCUT2D eigenvalue weighted by Crippen LogP contribution is -2.32. The average molecular weight is 215 g/mol. The quantitative estimate of drug-likeness (QED) is 0.541. The first-order valence-corrected chi connectivity index (χ1v) is 5.14. The molecule has 0 aromatic heterocycles. The third-order valence-corrected chi connectivity index (χ3v) is 2.69. The van der Waals surface area contributed by atoms with Gasteiger partial charge in [-0.25, -0.2) is 0 Å². The summed E-state index contributed by atoms with van der Waals surface area (Å²) in [4.78, 5) is 34.7. The Balaban J connectivity index is 2.56. The highest BCUT2D eigenvalue weighted by Crippen LogP contribution is 2.20. The summed E-state index contributed by atoms with van der Waals surface area (Å²) in [5.74, 6) is -0.291. The Morgan fingerprint density at radius 2 is 2.21 bits per heavy atom. The van der Waals surface area contributed by atoms with Crippen molar-refractivity contribution in [1.29, 1.82) is 0 Å². The molecule has 2 amide bonds. The van der Waals surface area contributed by atoms with Crippen LogP contribution in [-0.2, 0) is 14.4 Å². The standard InChI is InChI=1S/C9H13NO3S/c1-6(11)2-3-10-8(12)4-7(5-14)9(10)13/h7,14H,2-5H2,1H3. The van der Waals surface area contributed by atoms with E-state index in [2.05, 4.69) is 12.6 Å². The van der Waals surface area contributed by atoms with Gasteiger partial charge in [-0.1, -0.05) is 0 Å². The molecule has 78 valence electrons. The zero-order valence-corrected chi connectivity index (χ0v) is 8.92. The molecular weight excluding hydrogens is 202 g/mol. The van der Waals surface area contributed by atoms with Gasteiger partial charge >= 0.3 is 0 Å². The molecule has 1 atom stereocenters. The largest absolute Gasteiger partial charge is 0.300 e. The fourth-order valence-corrected chi connectivity index (χ4v) is 1.68. The maximum absolute atomic E-state index is 11.5. The maximum Gasteiger partial charge on any atom is 0.233 e. The number of ketones is 1. The topological polar surface area (TPSA) is 54.5 Å². The lowest BCUT2D eigenvalue weighted by Gasteiger charge is -2.12. The zero-order chi connectivity index (χ0) is 10.7. The Kier molecular flexibility index (Phi) is 3.69. The predicted octanol–water partition coefficient (Wildman–Crippen LogP) is 0.270. The molecule has 0 aromatic carbocycles. The lowest BCUT2D eigenvalue weighted by atomic mass is 10.1. The van der Waals surface area contributed by atoms with E-state index in [9.17, 15) is 14.4 Å². The van der Waals surface area contributed by atoms with Crippen molar-refractivity contribution in [1.82, 2.24) is 4.90 Å². The molecule has 1 heterocycles. The summed E-state index contributed by atoms with van der Waals surface area (Å²) in [6, 6.07) is 0. The van der Waals surface area contributed by atoms with E-state index in [1.54, 1.807) is 0 Å². The molecule has 0 radical (unpaired) electrons. The highest BCUT2D eigenvalue weighted by Gasteiger charge is 2.37. The van der Waals surface area contributed by atoms with Gasteiger partial charge in [-0.15, -0.1) is 0 Å². The molecule has 1 unspecified atom stereocenters. The Hall–Kier alpha value is -0.840. The van der Waals surface area contributed by atoms with E-state index in [4.69, 9.17) is 0 Å².